The third-order valence-electron chi connectivity index (χ3n) is 5.61. The second kappa shape index (κ2) is 9.66. The average molecular weight is 460 g/mol. The van der Waals surface area contributed by atoms with Crippen LogP contribution < -0.4 is 26.0 Å². The molecule has 0 saturated carbocycles. The van der Waals surface area contributed by atoms with Gasteiger partial charge in [-0.1, -0.05) is 37.3 Å². The van der Waals surface area contributed by atoms with E-state index in [1.54, 1.807) is 30.3 Å². The number of hydrogen-bond donors (Lipinski definition) is 1. The summed E-state index contributed by atoms with van der Waals surface area (Å²) in [6.45, 7) is 1.75. The minimum absolute atomic E-state index is 0.223. The van der Waals surface area contributed by atoms with Gasteiger partial charge in [0.25, 0.3) is 5.56 Å². The quantitative estimate of drug-likeness (QED) is 0.458. The van der Waals surface area contributed by atoms with Crippen molar-refractivity contribution in [2.45, 2.75) is 19.9 Å². The second-order valence-corrected chi connectivity index (χ2v) is 7.67. The molecule has 1 aromatic heterocycles. The van der Waals surface area contributed by atoms with Crippen LogP contribution in [0, 0.1) is 0 Å². The number of carbonyl (C=O) groups excluding carboxylic acids is 1. The fourth-order valence-corrected chi connectivity index (χ4v) is 3.82. The molecule has 3 aromatic carbocycles. The van der Waals surface area contributed by atoms with E-state index in [1.807, 2.05) is 24.3 Å². The normalized spacial score (nSPS) is 10.8. The topological polar surface area (TPSA) is 91.6 Å². The van der Waals surface area contributed by atoms with Crippen molar-refractivity contribution in [2.75, 3.05) is 19.5 Å². The van der Waals surface area contributed by atoms with Crippen LogP contribution in [0.2, 0.25) is 0 Å². The molecule has 1 N–H and O–H groups in total. The second-order valence-electron chi connectivity index (χ2n) is 7.67. The summed E-state index contributed by atoms with van der Waals surface area (Å²) < 4.78 is 13.0. The van der Waals surface area contributed by atoms with Gasteiger partial charge in [-0.05, 0) is 42.3 Å². The van der Waals surface area contributed by atoms with Gasteiger partial charge in [-0.3, -0.25) is 14.2 Å². The first-order valence-electron chi connectivity index (χ1n) is 10.8. The predicted molar refractivity (Wildman–Crippen MR) is 131 cm³/mol. The number of amides is 1. The number of aryl methyl sites for hydroxylation is 1. The molecule has 0 fully saturated rings. The lowest BCUT2D eigenvalue weighted by molar-refractivity contribution is -0.116. The van der Waals surface area contributed by atoms with Crippen LogP contribution in [-0.4, -0.2) is 29.3 Å². The van der Waals surface area contributed by atoms with E-state index in [2.05, 4.69) is 12.2 Å². The smallest absolute Gasteiger partial charge is 0.336 e. The van der Waals surface area contributed by atoms with E-state index in [9.17, 15) is 14.4 Å². The SMILES string of the molecule is CCc1ccc(NC(=O)Cn2c(=O)n(-c3ccccc3)c(=O)c3cc(OC)c(OC)cc32)cc1. The largest absolute Gasteiger partial charge is 0.493 e. The van der Waals surface area contributed by atoms with Gasteiger partial charge in [-0.2, -0.15) is 0 Å². The van der Waals surface area contributed by atoms with Crippen molar-refractivity contribution >= 4 is 22.5 Å². The van der Waals surface area contributed by atoms with Crippen molar-refractivity contribution in [1.29, 1.82) is 0 Å². The maximum Gasteiger partial charge on any atom is 0.336 e. The van der Waals surface area contributed by atoms with Gasteiger partial charge < -0.3 is 14.8 Å². The molecule has 0 unspecified atom stereocenters. The molecule has 0 aliphatic carbocycles. The van der Waals surface area contributed by atoms with Crippen molar-refractivity contribution in [1.82, 2.24) is 9.13 Å². The molecule has 4 rings (SSSR count). The number of aromatic nitrogens is 2. The number of methoxy groups -OCH3 is 2. The molecule has 174 valence electrons. The summed E-state index contributed by atoms with van der Waals surface area (Å²) in [6.07, 6.45) is 0.891. The van der Waals surface area contributed by atoms with E-state index in [-0.39, 0.29) is 17.4 Å². The van der Waals surface area contributed by atoms with Gasteiger partial charge in [0, 0.05) is 11.8 Å². The third kappa shape index (κ3) is 4.30. The van der Waals surface area contributed by atoms with Crippen LogP contribution in [0.5, 0.6) is 11.5 Å². The van der Waals surface area contributed by atoms with Crippen LogP contribution >= 0.6 is 0 Å². The van der Waals surface area contributed by atoms with Crippen molar-refractivity contribution in [3.05, 3.63) is 93.1 Å². The van der Waals surface area contributed by atoms with E-state index < -0.39 is 17.2 Å². The first-order valence-corrected chi connectivity index (χ1v) is 10.8. The monoisotopic (exact) mass is 459 g/mol. The van der Waals surface area contributed by atoms with Crippen LogP contribution in [-0.2, 0) is 17.8 Å². The summed E-state index contributed by atoms with van der Waals surface area (Å²) in [7, 11) is 2.93. The number of ether oxygens (including phenoxy) is 2. The Bertz CT molecular complexity index is 1450. The number of nitrogens with zero attached hydrogens (tertiary/aromatic N) is 2. The highest BCUT2D eigenvalue weighted by Crippen LogP contribution is 2.30. The highest BCUT2D eigenvalue weighted by atomic mass is 16.5. The number of carbonyl (C=O) groups is 1. The molecular formula is C26H25N3O5. The van der Waals surface area contributed by atoms with Gasteiger partial charge in [-0.15, -0.1) is 0 Å². The zero-order valence-corrected chi connectivity index (χ0v) is 19.2. The number of fused-ring (bicyclic) bond motifs is 1. The Kier molecular flexibility index (Phi) is 6.49. The summed E-state index contributed by atoms with van der Waals surface area (Å²) >= 11 is 0. The van der Waals surface area contributed by atoms with Crippen LogP contribution in [0.15, 0.2) is 76.3 Å². The fourth-order valence-electron chi connectivity index (χ4n) is 3.82. The Morgan fingerprint density at radius 2 is 1.56 bits per heavy atom. The molecule has 1 heterocycles. The van der Waals surface area contributed by atoms with Gasteiger partial charge in [0.15, 0.2) is 11.5 Å². The number of hydrogen-bond acceptors (Lipinski definition) is 5. The van der Waals surface area contributed by atoms with E-state index in [0.717, 1.165) is 16.6 Å². The molecule has 0 aliphatic rings. The Hall–Kier alpha value is -4.33. The van der Waals surface area contributed by atoms with Crippen molar-refractivity contribution in [2.24, 2.45) is 0 Å². The molecule has 0 atom stereocenters. The Labute approximate surface area is 196 Å². The van der Waals surface area contributed by atoms with Crippen LogP contribution in [0.3, 0.4) is 0 Å². The summed E-state index contributed by atoms with van der Waals surface area (Å²) in [6, 6.07) is 19.1. The van der Waals surface area contributed by atoms with E-state index in [0.29, 0.717) is 22.9 Å². The predicted octanol–water partition coefficient (Wildman–Crippen LogP) is 3.37. The molecule has 1 amide bonds. The molecule has 0 saturated heterocycles. The molecule has 8 heteroatoms. The zero-order valence-electron chi connectivity index (χ0n) is 19.2. The van der Waals surface area contributed by atoms with Gasteiger partial charge >= 0.3 is 5.69 Å². The summed E-state index contributed by atoms with van der Waals surface area (Å²) in [4.78, 5) is 39.8. The number of anilines is 1. The van der Waals surface area contributed by atoms with Crippen molar-refractivity contribution in [3.8, 4) is 17.2 Å². The van der Waals surface area contributed by atoms with E-state index >= 15 is 0 Å². The number of benzene rings is 3. The molecule has 34 heavy (non-hydrogen) atoms. The van der Waals surface area contributed by atoms with Crippen LogP contribution in [0.1, 0.15) is 12.5 Å². The van der Waals surface area contributed by atoms with Crippen molar-refractivity contribution < 1.29 is 14.3 Å². The average Bonchev–Trinajstić information content (AvgIpc) is 2.87. The zero-order chi connectivity index (χ0) is 24.2. The lowest BCUT2D eigenvalue weighted by atomic mass is 10.1. The molecule has 0 aliphatic heterocycles. The molecule has 0 bridgehead atoms. The Morgan fingerprint density at radius 1 is 0.912 bits per heavy atom. The first-order chi connectivity index (χ1) is 16.5. The third-order valence-corrected chi connectivity index (χ3v) is 5.61. The van der Waals surface area contributed by atoms with Crippen LogP contribution in [0.4, 0.5) is 5.69 Å². The minimum atomic E-state index is -0.632. The molecule has 0 radical (unpaired) electrons. The molecule has 0 spiro atoms. The summed E-state index contributed by atoms with van der Waals surface area (Å²) in [5.41, 5.74) is 1.30. The molecular weight excluding hydrogens is 434 g/mol. The highest BCUT2D eigenvalue weighted by molar-refractivity contribution is 5.92. The summed E-state index contributed by atoms with van der Waals surface area (Å²) in [5, 5.41) is 3.04. The number of nitrogens with one attached hydrogen (secondary N) is 1. The van der Waals surface area contributed by atoms with Gasteiger partial charge in [0.1, 0.15) is 6.54 Å². The van der Waals surface area contributed by atoms with E-state index in [4.69, 9.17) is 9.47 Å². The lowest BCUT2D eigenvalue weighted by Gasteiger charge is -2.16. The van der Waals surface area contributed by atoms with E-state index in [1.165, 1.54) is 30.9 Å². The lowest BCUT2D eigenvalue weighted by Crippen LogP contribution is -2.40. The minimum Gasteiger partial charge on any atom is -0.493 e. The summed E-state index contributed by atoms with van der Waals surface area (Å²) in [5.74, 6) is 0.286. The van der Waals surface area contributed by atoms with Crippen molar-refractivity contribution in [3.63, 3.8) is 0 Å². The van der Waals surface area contributed by atoms with Gasteiger partial charge in [0.2, 0.25) is 5.91 Å². The highest BCUT2D eigenvalue weighted by Gasteiger charge is 2.19. The standard InChI is InChI=1S/C26H25N3O5/c1-4-17-10-12-18(13-11-17)27-24(30)16-28-21-15-23(34-3)22(33-2)14-20(21)25(31)29(26(28)32)19-8-6-5-7-9-19/h5-15H,4,16H2,1-3H3,(H,27,30). The van der Waals surface area contributed by atoms with Gasteiger partial charge in [0.05, 0.1) is 30.8 Å². The Morgan fingerprint density at radius 3 is 2.18 bits per heavy atom. The van der Waals surface area contributed by atoms with Gasteiger partial charge in [-0.25, -0.2) is 9.36 Å². The fraction of sp³-hybridized carbons (Fsp3) is 0.192. The molecule has 4 aromatic rings. The van der Waals surface area contributed by atoms with Crippen LogP contribution in [0.25, 0.3) is 16.6 Å². The Balaban J connectivity index is 1.87. The first kappa shape index (κ1) is 22.8. The number of para-hydroxylation sites is 1. The number of rotatable bonds is 7. The maximum absolute atomic E-state index is 13.5. The maximum atomic E-state index is 13.5. The molecule has 8 nitrogen and oxygen atoms in total.